The summed E-state index contributed by atoms with van der Waals surface area (Å²) in [5.74, 6) is -0.310. The van der Waals surface area contributed by atoms with Crippen molar-refractivity contribution in [1.29, 1.82) is 0 Å². The molecule has 3 nitrogen and oxygen atoms in total. The molecule has 0 fully saturated rings. The molecule has 142 valence electrons. The highest BCUT2D eigenvalue weighted by Gasteiger charge is 2.33. The van der Waals surface area contributed by atoms with Crippen LogP contribution in [0.1, 0.15) is 29.2 Å². The normalized spacial score (nSPS) is 15.8. The van der Waals surface area contributed by atoms with Crippen LogP contribution in [0, 0.1) is 5.82 Å². The van der Waals surface area contributed by atoms with Crippen molar-refractivity contribution in [2.24, 2.45) is 0 Å². The van der Waals surface area contributed by atoms with Gasteiger partial charge in [0.2, 0.25) is 0 Å². The van der Waals surface area contributed by atoms with E-state index in [2.05, 4.69) is 15.9 Å². The van der Waals surface area contributed by atoms with Crippen molar-refractivity contribution in [2.75, 3.05) is 4.90 Å². The number of carbonyl (C=O) groups is 1. The van der Waals surface area contributed by atoms with Gasteiger partial charge in [-0.1, -0.05) is 64.5 Å². The molecule has 5 heteroatoms. The largest absolute Gasteiger partial charge is 0.444 e. The van der Waals surface area contributed by atoms with Gasteiger partial charge in [-0.15, -0.1) is 0 Å². The molecule has 1 aliphatic heterocycles. The van der Waals surface area contributed by atoms with E-state index in [1.54, 1.807) is 11.0 Å². The van der Waals surface area contributed by atoms with Crippen LogP contribution in [0.5, 0.6) is 0 Å². The van der Waals surface area contributed by atoms with Gasteiger partial charge < -0.3 is 4.74 Å². The number of halogens is 2. The second-order valence-electron chi connectivity index (χ2n) is 6.79. The van der Waals surface area contributed by atoms with Crippen LogP contribution in [0.4, 0.5) is 14.9 Å². The maximum Gasteiger partial charge on any atom is 0.415 e. The van der Waals surface area contributed by atoms with Crippen LogP contribution in [0.25, 0.3) is 0 Å². The highest BCUT2D eigenvalue weighted by molar-refractivity contribution is 9.10. The van der Waals surface area contributed by atoms with E-state index in [0.717, 1.165) is 33.3 Å². The number of hydrogen-bond donors (Lipinski definition) is 0. The number of carbonyl (C=O) groups excluding carboxylic acids is 1. The molecule has 3 aromatic carbocycles. The number of aryl methyl sites for hydroxylation is 1. The zero-order valence-electron chi connectivity index (χ0n) is 15.1. The highest BCUT2D eigenvalue weighted by Crippen LogP contribution is 2.40. The first-order valence-corrected chi connectivity index (χ1v) is 9.95. The summed E-state index contributed by atoms with van der Waals surface area (Å²) in [6, 6.07) is 21.6. The van der Waals surface area contributed by atoms with Crippen LogP contribution in [0.3, 0.4) is 0 Å². The number of ether oxygens (including phenoxy) is 1. The molecule has 0 saturated carbocycles. The molecule has 1 unspecified atom stereocenters. The summed E-state index contributed by atoms with van der Waals surface area (Å²) in [5.41, 5.74) is 3.56. The second-order valence-corrected chi connectivity index (χ2v) is 7.71. The molecule has 0 aromatic heterocycles. The van der Waals surface area contributed by atoms with E-state index in [4.69, 9.17) is 4.74 Å². The summed E-state index contributed by atoms with van der Waals surface area (Å²) in [5, 5.41) is 0. The molecule has 0 bridgehead atoms. The van der Waals surface area contributed by atoms with Crippen LogP contribution in [0.15, 0.2) is 77.3 Å². The van der Waals surface area contributed by atoms with E-state index in [1.165, 1.54) is 12.1 Å². The van der Waals surface area contributed by atoms with Gasteiger partial charge in [0.1, 0.15) is 12.4 Å². The Morgan fingerprint density at radius 1 is 1.07 bits per heavy atom. The van der Waals surface area contributed by atoms with Gasteiger partial charge in [0.05, 0.1) is 11.7 Å². The zero-order valence-corrected chi connectivity index (χ0v) is 16.7. The minimum absolute atomic E-state index is 0.190. The van der Waals surface area contributed by atoms with Crippen molar-refractivity contribution in [3.8, 4) is 0 Å². The highest BCUT2D eigenvalue weighted by atomic mass is 79.9. The van der Waals surface area contributed by atoms with Gasteiger partial charge >= 0.3 is 6.09 Å². The Labute approximate surface area is 171 Å². The molecule has 0 spiro atoms. The molecule has 0 aliphatic carbocycles. The van der Waals surface area contributed by atoms with E-state index in [1.807, 2.05) is 54.6 Å². The third kappa shape index (κ3) is 3.94. The standard InChI is InChI=1S/C23H19BrFNO2/c24-19-11-9-17-10-12-21(18-7-4-8-20(25)13-18)26(22(17)14-19)23(27)28-15-16-5-2-1-3-6-16/h1-9,11,13-14,21H,10,12,15H2. The van der Waals surface area contributed by atoms with Gasteiger partial charge in [0.25, 0.3) is 0 Å². The Kier molecular flexibility index (Phi) is 5.44. The Morgan fingerprint density at radius 2 is 1.89 bits per heavy atom. The summed E-state index contributed by atoms with van der Waals surface area (Å²) < 4.78 is 20.3. The monoisotopic (exact) mass is 439 g/mol. The minimum atomic E-state index is -0.433. The van der Waals surface area contributed by atoms with Gasteiger partial charge in [-0.2, -0.15) is 0 Å². The zero-order chi connectivity index (χ0) is 19.5. The van der Waals surface area contributed by atoms with E-state index in [9.17, 15) is 9.18 Å². The molecule has 28 heavy (non-hydrogen) atoms. The van der Waals surface area contributed by atoms with Crippen molar-refractivity contribution in [2.45, 2.75) is 25.5 Å². The summed E-state index contributed by atoms with van der Waals surface area (Å²) in [6.07, 6.45) is 1.09. The van der Waals surface area contributed by atoms with Crippen LogP contribution in [-0.4, -0.2) is 6.09 Å². The van der Waals surface area contributed by atoms with Crippen LogP contribution in [0.2, 0.25) is 0 Å². The average molecular weight is 440 g/mol. The number of nitrogens with zero attached hydrogens (tertiary/aromatic N) is 1. The van der Waals surface area contributed by atoms with Gasteiger partial charge in [0, 0.05) is 4.47 Å². The maximum atomic E-state index is 13.8. The lowest BCUT2D eigenvalue weighted by Gasteiger charge is -2.37. The number of hydrogen-bond acceptors (Lipinski definition) is 2. The van der Waals surface area contributed by atoms with Gasteiger partial charge in [-0.05, 0) is 53.8 Å². The average Bonchev–Trinajstić information content (AvgIpc) is 2.72. The summed E-state index contributed by atoms with van der Waals surface area (Å²) in [4.78, 5) is 14.8. The molecule has 0 N–H and O–H groups in total. The fraction of sp³-hybridized carbons (Fsp3) is 0.174. The number of benzene rings is 3. The molecule has 4 rings (SSSR count). The first-order chi connectivity index (χ1) is 13.6. The quantitative estimate of drug-likeness (QED) is 0.471. The van der Waals surface area contributed by atoms with Crippen LogP contribution >= 0.6 is 15.9 Å². The molecule has 1 aliphatic rings. The Balaban J connectivity index is 1.67. The first-order valence-electron chi connectivity index (χ1n) is 9.15. The predicted molar refractivity (Wildman–Crippen MR) is 111 cm³/mol. The Bertz CT molecular complexity index is 993. The van der Waals surface area contributed by atoms with E-state index in [-0.39, 0.29) is 18.5 Å². The van der Waals surface area contributed by atoms with Crippen molar-refractivity contribution in [3.05, 3.63) is 99.8 Å². The van der Waals surface area contributed by atoms with Gasteiger partial charge in [-0.3, -0.25) is 4.90 Å². The molecule has 0 saturated heterocycles. The lowest BCUT2D eigenvalue weighted by Crippen LogP contribution is -2.38. The van der Waals surface area contributed by atoms with Crippen molar-refractivity contribution in [1.82, 2.24) is 0 Å². The number of fused-ring (bicyclic) bond motifs is 1. The number of anilines is 1. The van der Waals surface area contributed by atoms with Gasteiger partial charge in [0.15, 0.2) is 0 Å². The Morgan fingerprint density at radius 3 is 2.68 bits per heavy atom. The molecular formula is C23H19BrFNO2. The second kappa shape index (κ2) is 8.15. The lowest BCUT2D eigenvalue weighted by atomic mass is 9.91. The topological polar surface area (TPSA) is 29.5 Å². The van der Waals surface area contributed by atoms with E-state index in [0.29, 0.717) is 6.42 Å². The fourth-order valence-electron chi connectivity index (χ4n) is 3.61. The third-order valence-electron chi connectivity index (χ3n) is 4.94. The maximum absolute atomic E-state index is 13.8. The molecule has 1 amide bonds. The van der Waals surface area contributed by atoms with Crippen LogP contribution in [-0.2, 0) is 17.8 Å². The number of rotatable bonds is 3. The SMILES string of the molecule is O=C(OCc1ccccc1)N1c2cc(Br)ccc2CCC1c1cccc(F)c1. The molecule has 1 heterocycles. The summed E-state index contributed by atoms with van der Waals surface area (Å²) in [7, 11) is 0. The van der Waals surface area contributed by atoms with Crippen molar-refractivity contribution >= 4 is 27.7 Å². The van der Waals surface area contributed by atoms with Crippen LogP contribution < -0.4 is 4.90 Å². The lowest BCUT2D eigenvalue weighted by molar-refractivity contribution is 0.143. The molecule has 3 aromatic rings. The van der Waals surface area contributed by atoms with Crippen molar-refractivity contribution in [3.63, 3.8) is 0 Å². The summed E-state index contributed by atoms with van der Waals surface area (Å²) >= 11 is 3.49. The van der Waals surface area contributed by atoms with Crippen molar-refractivity contribution < 1.29 is 13.9 Å². The van der Waals surface area contributed by atoms with E-state index >= 15 is 0 Å². The van der Waals surface area contributed by atoms with Gasteiger partial charge in [-0.25, -0.2) is 9.18 Å². The predicted octanol–water partition coefficient (Wildman–Crippen LogP) is 6.42. The molecular weight excluding hydrogens is 421 g/mol. The Hall–Kier alpha value is -2.66. The molecule has 1 atom stereocenters. The fourth-order valence-corrected chi connectivity index (χ4v) is 3.95. The smallest absolute Gasteiger partial charge is 0.415 e. The summed E-state index contributed by atoms with van der Waals surface area (Å²) in [6.45, 7) is 0.190. The molecule has 0 radical (unpaired) electrons. The minimum Gasteiger partial charge on any atom is -0.444 e. The first kappa shape index (κ1) is 18.7. The van der Waals surface area contributed by atoms with E-state index < -0.39 is 6.09 Å². The number of amides is 1. The third-order valence-corrected chi connectivity index (χ3v) is 5.43.